The van der Waals surface area contributed by atoms with Gasteiger partial charge < -0.3 is 5.32 Å². The summed E-state index contributed by atoms with van der Waals surface area (Å²) >= 11 is 0. The molecule has 0 unspecified atom stereocenters. The predicted octanol–water partition coefficient (Wildman–Crippen LogP) is 3.23. The highest BCUT2D eigenvalue weighted by atomic mass is 32.2. The first-order valence-electron chi connectivity index (χ1n) is 10.0. The molecule has 3 rings (SSSR count). The molecule has 1 amide bonds. The molecule has 1 aromatic carbocycles. The SMILES string of the molecule is CC[C@@H](C)NC(=O)C1CCC(CNS(=O)(=O)c2cccc3cccnc23)CC1. The van der Waals surface area contributed by atoms with Gasteiger partial charge in [0.05, 0.1) is 5.52 Å². The summed E-state index contributed by atoms with van der Waals surface area (Å²) in [6.45, 7) is 4.46. The Kier molecular flexibility index (Phi) is 6.67. The summed E-state index contributed by atoms with van der Waals surface area (Å²) < 4.78 is 28.4. The lowest BCUT2D eigenvalue weighted by Crippen LogP contribution is -2.39. The molecule has 28 heavy (non-hydrogen) atoms. The first-order valence-corrected chi connectivity index (χ1v) is 11.5. The molecule has 1 heterocycles. The molecule has 152 valence electrons. The summed E-state index contributed by atoms with van der Waals surface area (Å²) in [5, 5.41) is 3.86. The van der Waals surface area contributed by atoms with Crippen molar-refractivity contribution < 1.29 is 13.2 Å². The Morgan fingerprint density at radius 2 is 1.89 bits per heavy atom. The standard InChI is InChI=1S/C21H29N3O3S/c1-3-15(2)24-21(25)18-11-9-16(10-12-18)14-23-28(26,27)19-8-4-6-17-7-5-13-22-20(17)19/h4-8,13,15-16,18,23H,3,9-12,14H2,1-2H3,(H,24,25)/t15-,16?,18?/m1/s1. The molecule has 0 bridgehead atoms. The minimum absolute atomic E-state index is 0.0455. The molecule has 1 saturated carbocycles. The number of hydrogen-bond donors (Lipinski definition) is 2. The second-order valence-electron chi connectivity index (χ2n) is 7.72. The Hall–Kier alpha value is -1.99. The Balaban J connectivity index is 1.57. The van der Waals surface area contributed by atoms with Crippen LogP contribution in [0.5, 0.6) is 0 Å². The van der Waals surface area contributed by atoms with E-state index in [-0.39, 0.29) is 28.7 Å². The molecule has 1 aliphatic rings. The van der Waals surface area contributed by atoms with Gasteiger partial charge in [-0.1, -0.05) is 25.1 Å². The number of fused-ring (bicyclic) bond motifs is 1. The monoisotopic (exact) mass is 403 g/mol. The molecule has 1 fully saturated rings. The Labute approximate surface area is 167 Å². The summed E-state index contributed by atoms with van der Waals surface area (Å²) in [4.78, 5) is 16.7. The molecular weight excluding hydrogens is 374 g/mol. The quantitative estimate of drug-likeness (QED) is 0.743. The molecule has 1 aromatic heterocycles. The molecule has 0 saturated heterocycles. The summed E-state index contributed by atoms with van der Waals surface area (Å²) in [5.74, 6) is 0.435. The third kappa shape index (κ3) is 4.89. The maximum atomic E-state index is 12.8. The largest absolute Gasteiger partial charge is 0.353 e. The Morgan fingerprint density at radius 1 is 1.18 bits per heavy atom. The molecule has 2 N–H and O–H groups in total. The van der Waals surface area contributed by atoms with Crippen molar-refractivity contribution in [3.8, 4) is 0 Å². The van der Waals surface area contributed by atoms with Gasteiger partial charge in [0.15, 0.2) is 0 Å². The number of nitrogens with one attached hydrogen (secondary N) is 2. The van der Waals surface area contributed by atoms with E-state index in [2.05, 4.69) is 21.9 Å². The topological polar surface area (TPSA) is 88.2 Å². The highest BCUT2D eigenvalue weighted by Gasteiger charge is 2.28. The predicted molar refractivity (Wildman–Crippen MR) is 110 cm³/mol. The van der Waals surface area contributed by atoms with Crippen molar-refractivity contribution in [2.45, 2.75) is 56.9 Å². The van der Waals surface area contributed by atoms with Gasteiger partial charge in [0.1, 0.15) is 4.90 Å². The molecule has 1 atom stereocenters. The molecular formula is C21H29N3O3S. The number of carbonyl (C=O) groups excluding carboxylic acids is 1. The molecule has 0 radical (unpaired) electrons. The van der Waals surface area contributed by atoms with Crippen LogP contribution in [0.1, 0.15) is 46.0 Å². The van der Waals surface area contributed by atoms with E-state index in [1.54, 1.807) is 24.4 Å². The summed E-state index contributed by atoms with van der Waals surface area (Å²) in [7, 11) is -3.63. The van der Waals surface area contributed by atoms with Crippen LogP contribution in [-0.4, -0.2) is 31.9 Å². The molecule has 0 spiro atoms. The normalized spacial score (nSPS) is 21.4. The molecule has 1 aliphatic carbocycles. The van der Waals surface area contributed by atoms with Gasteiger partial charge in [0, 0.05) is 30.1 Å². The van der Waals surface area contributed by atoms with Crippen molar-refractivity contribution in [2.75, 3.05) is 6.54 Å². The average molecular weight is 404 g/mol. The number of amides is 1. The fraction of sp³-hybridized carbons (Fsp3) is 0.524. The first kappa shape index (κ1) is 20.7. The zero-order valence-corrected chi connectivity index (χ0v) is 17.3. The van der Waals surface area contributed by atoms with E-state index >= 15 is 0 Å². The van der Waals surface area contributed by atoms with Gasteiger partial charge in [-0.25, -0.2) is 13.1 Å². The van der Waals surface area contributed by atoms with Crippen LogP contribution < -0.4 is 10.0 Å². The molecule has 7 heteroatoms. The van der Waals surface area contributed by atoms with Gasteiger partial charge in [0.2, 0.25) is 15.9 Å². The fourth-order valence-corrected chi connectivity index (χ4v) is 4.98. The van der Waals surface area contributed by atoms with E-state index in [1.807, 2.05) is 19.1 Å². The number of rotatable bonds is 7. The number of aromatic nitrogens is 1. The average Bonchev–Trinajstić information content (AvgIpc) is 2.72. The van der Waals surface area contributed by atoms with Crippen molar-refractivity contribution in [3.05, 3.63) is 36.5 Å². The van der Waals surface area contributed by atoms with E-state index in [0.717, 1.165) is 37.5 Å². The maximum Gasteiger partial charge on any atom is 0.242 e. The third-order valence-electron chi connectivity index (χ3n) is 5.67. The maximum absolute atomic E-state index is 12.8. The van der Waals surface area contributed by atoms with Crippen molar-refractivity contribution in [3.63, 3.8) is 0 Å². The van der Waals surface area contributed by atoms with E-state index in [0.29, 0.717) is 12.1 Å². The van der Waals surface area contributed by atoms with E-state index in [9.17, 15) is 13.2 Å². The number of nitrogens with zero attached hydrogens (tertiary/aromatic N) is 1. The van der Waals surface area contributed by atoms with Crippen molar-refractivity contribution >= 4 is 26.8 Å². The Morgan fingerprint density at radius 3 is 2.61 bits per heavy atom. The number of para-hydroxylation sites is 1. The number of pyridine rings is 1. The summed E-state index contributed by atoms with van der Waals surface area (Å²) in [5.41, 5.74) is 0.489. The second-order valence-corrected chi connectivity index (χ2v) is 9.45. The third-order valence-corrected chi connectivity index (χ3v) is 7.12. The van der Waals surface area contributed by atoms with Crippen LogP contribution in [0.2, 0.25) is 0 Å². The van der Waals surface area contributed by atoms with Crippen molar-refractivity contribution in [2.24, 2.45) is 11.8 Å². The minimum Gasteiger partial charge on any atom is -0.353 e. The smallest absolute Gasteiger partial charge is 0.242 e. The zero-order chi connectivity index (χ0) is 20.1. The molecule has 6 nitrogen and oxygen atoms in total. The van der Waals surface area contributed by atoms with E-state index in [1.165, 1.54) is 0 Å². The zero-order valence-electron chi connectivity index (χ0n) is 16.5. The fourth-order valence-electron chi connectivity index (χ4n) is 3.69. The van der Waals surface area contributed by atoms with E-state index < -0.39 is 10.0 Å². The lowest BCUT2D eigenvalue weighted by Gasteiger charge is -2.28. The van der Waals surface area contributed by atoms with Crippen LogP contribution in [0.25, 0.3) is 10.9 Å². The van der Waals surface area contributed by atoms with Crippen LogP contribution in [-0.2, 0) is 14.8 Å². The number of sulfonamides is 1. The van der Waals surface area contributed by atoms with Gasteiger partial charge in [-0.2, -0.15) is 0 Å². The summed E-state index contributed by atoms with van der Waals surface area (Å²) in [6.07, 6.45) is 5.86. The first-order chi connectivity index (χ1) is 13.4. The van der Waals surface area contributed by atoms with Crippen LogP contribution in [0, 0.1) is 11.8 Å². The van der Waals surface area contributed by atoms with Gasteiger partial charge in [-0.15, -0.1) is 0 Å². The number of hydrogen-bond acceptors (Lipinski definition) is 4. The Bertz CT molecular complexity index is 916. The second kappa shape index (κ2) is 9.01. The van der Waals surface area contributed by atoms with Gasteiger partial charge in [-0.05, 0) is 57.1 Å². The molecule has 0 aliphatic heterocycles. The van der Waals surface area contributed by atoms with Gasteiger partial charge in [-0.3, -0.25) is 9.78 Å². The highest BCUT2D eigenvalue weighted by Crippen LogP contribution is 2.29. The number of benzene rings is 1. The lowest BCUT2D eigenvalue weighted by molar-refractivity contribution is -0.126. The number of carbonyl (C=O) groups is 1. The highest BCUT2D eigenvalue weighted by molar-refractivity contribution is 7.89. The minimum atomic E-state index is -3.63. The van der Waals surface area contributed by atoms with Gasteiger partial charge >= 0.3 is 0 Å². The van der Waals surface area contributed by atoms with Crippen LogP contribution in [0.3, 0.4) is 0 Å². The van der Waals surface area contributed by atoms with E-state index in [4.69, 9.17) is 0 Å². The summed E-state index contributed by atoms with van der Waals surface area (Å²) in [6, 6.07) is 9.03. The van der Waals surface area contributed by atoms with Crippen LogP contribution >= 0.6 is 0 Å². The van der Waals surface area contributed by atoms with Crippen LogP contribution in [0.15, 0.2) is 41.4 Å². The molecule has 2 aromatic rings. The van der Waals surface area contributed by atoms with Crippen molar-refractivity contribution in [1.82, 2.24) is 15.0 Å². The van der Waals surface area contributed by atoms with Crippen molar-refractivity contribution in [1.29, 1.82) is 0 Å². The van der Waals surface area contributed by atoms with Crippen LogP contribution in [0.4, 0.5) is 0 Å². The van der Waals surface area contributed by atoms with Gasteiger partial charge in [0.25, 0.3) is 0 Å². The lowest BCUT2D eigenvalue weighted by atomic mass is 9.81.